The Morgan fingerprint density at radius 2 is 2.19 bits per heavy atom. The molecule has 1 heterocycles. The summed E-state index contributed by atoms with van der Waals surface area (Å²) >= 11 is 4.95. The van der Waals surface area contributed by atoms with Crippen LogP contribution in [0.2, 0.25) is 0 Å². The molecule has 1 aromatic carbocycles. The van der Waals surface area contributed by atoms with E-state index in [1.807, 2.05) is 13.8 Å². The first-order valence-corrected chi connectivity index (χ1v) is 6.98. The fourth-order valence-electron chi connectivity index (χ4n) is 1.87. The summed E-state index contributed by atoms with van der Waals surface area (Å²) in [4.78, 5) is 12.2. The first-order chi connectivity index (χ1) is 7.50. The van der Waals surface area contributed by atoms with Crippen LogP contribution >= 0.6 is 27.7 Å². The average Bonchev–Trinajstić information content (AvgIpc) is 2.19. The van der Waals surface area contributed by atoms with Crippen LogP contribution in [-0.2, 0) is 5.75 Å². The van der Waals surface area contributed by atoms with Crippen molar-refractivity contribution < 1.29 is 9.18 Å². The minimum atomic E-state index is -0.353. The monoisotopic (exact) mass is 302 g/mol. The lowest BCUT2D eigenvalue weighted by atomic mass is 9.96. The van der Waals surface area contributed by atoms with Crippen LogP contribution in [0, 0.1) is 11.7 Å². The second-order valence-corrected chi connectivity index (χ2v) is 6.24. The first-order valence-electron chi connectivity index (χ1n) is 5.14. The van der Waals surface area contributed by atoms with Crippen molar-refractivity contribution in [3.05, 3.63) is 33.5 Å². The molecule has 2 rings (SSSR count). The maximum absolute atomic E-state index is 13.3. The Balaban J connectivity index is 2.48. The highest BCUT2D eigenvalue weighted by molar-refractivity contribution is 9.10. The maximum atomic E-state index is 13.3. The summed E-state index contributed by atoms with van der Waals surface area (Å²) in [5, 5.41) is -0.0406. The van der Waals surface area contributed by atoms with Crippen molar-refractivity contribution in [3.8, 4) is 0 Å². The van der Waals surface area contributed by atoms with E-state index in [-0.39, 0.29) is 22.8 Å². The van der Waals surface area contributed by atoms with E-state index in [1.165, 1.54) is 12.1 Å². The SMILES string of the molecule is CC(C)C1SCc2c(Br)cc(F)cc2C1=O. The Kier molecular flexibility index (Phi) is 3.40. The second-order valence-electron chi connectivity index (χ2n) is 4.25. The van der Waals surface area contributed by atoms with E-state index in [4.69, 9.17) is 0 Å². The number of fused-ring (bicyclic) bond motifs is 1. The fourth-order valence-corrected chi connectivity index (χ4v) is 3.95. The zero-order valence-corrected chi connectivity index (χ0v) is 11.5. The second kappa shape index (κ2) is 4.49. The standard InChI is InChI=1S/C12H12BrFOS/c1-6(2)12-11(15)8-3-7(14)4-10(13)9(8)5-16-12/h3-4,6,12H,5H2,1-2H3. The third kappa shape index (κ3) is 2.05. The lowest BCUT2D eigenvalue weighted by Crippen LogP contribution is -2.28. The van der Waals surface area contributed by atoms with Crippen molar-refractivity contribution >= 4 is 33.5 Å². The molecule has 0 spiro atoms. The number of Topliss-reactive ketones (excluding diaryl/α,β-unsaturated/α-hetero) is 1. The predicted octanol–water partition coefficient (Wildman–Crippen LogP) is 4.04. The van der Waals surface area contributed by atoms with Gasteiger partial charge in [-0.2, -0.15) is 0 Å². The number of thioether (sulfide) groups is 1. The molecular formula is C12H12BrFOS. The van der Waals surface area contributed by atoms with Gasteiger partial charge in [0.1, 0.15) is 5.82 Å². The molecule has 0 amide bonds. The highest BCUT2D eigenvalue weighted by Gasteiger charge is 2.31. The highest BCUT2D eigenvalue weighted by atomic mass is 79.9. The number of hydrogen-bond acceptors (Lipinski definition) is 2. The molecule has 4 heteroatoms. The van der Waals surface area contributed by atoms with Crippen molar-refractivity contribution in [3.63, 3.8) is 0 Å². The van der Waals surface area contributed by atoms with Crippen LogP contribution in [0.4, 0.5) is 4.39 Å². The Morgan fingerprint density at radius 1 is 1.50 bits per heavy atom. The number of halogens is 2. The zero-order chi connectivity index (χ0) is 11.9. The minimum absolute atomic E-state index is 0.0406. The minimum Gasteiger partial charge on any atom is -0.293 e. The summed E-state index contributed by atoms with van der Waals surface area (Å²) in [5.41, 5.74) is 1.47. The molecule has 1 aliphatic heterocycles. The third-order valence-corrected chi connectivity index (χ3v) is 4.98. The molecule has 1 nitrogen and oxygen atoms in total. The molecule has 1 aromatic rings. The summed E-state index contributed by atoms with van der Waals surface area (Å²) < 4.78 is 14.0. The summed E-state index contributed by atoms with van der Waals surface area (Å²) in [7, 11) is 0. The number of benzene rings is 1. The lowest BCUT2D eigenvalue weighted by molar-refractivity contribution is 0.0972. The van der Waals surface area contributed by atoms with Crippen LogP contribution < -0.4 is 0 Å². The molecular weight excluding hydrogens is 291 g/mol. The highest BCUT2D eigenvalue weighted by Crippen LogP contribution is 2.37. The van der Waals surface area contributed by atoms with Gasteiger partial charge in [-0.15, -0.1) is 11.8 Å². The molecule has 86 valence electrons. The lowest BCUT2D eigenvalue weighted by Gasteiger charge is -2.26. The first kappa shape index (κ1) is 12.1. The normalized spacial score (nSPS) is 20.1. The number of ketones is 1. The van der Waals surface area contributed by atoms with Crippen LogP contribution in [0.5, 0.6) is 0 Å². The van der Waals surface area contributed by atoms with E-state index >= 15 is 0 Å². The van der Waals surface area contributed by atoms with Gasteiger partial charge >= 0.3 is 0 Å². The van der Waals surface area contributed by atoms with Crippen molar-refractivity contribution in [1.29, 1.82) is 0 Å². The molecule has 16 heavy (non-hydrogen) atoms. The zero-order valence-electron chi connectivity index (χ0n) is 9.09. The largest absolute Gasteiger partial charge is 0.293 e. The molecule has 0 saturated carbocycles. The Labute approximate surface area is 107 Å². The van der Waals surface area contributed by atoms with Crippen LogP contribution in [0.1, 0.15) is 29.8 Å². The van der Waals surface area contributed by atoms with Crippen LogP contribution in [-0.4, -0.2) is 11.0 Å². The molecule has 1 atom stereocenters. The van der Waals surface area contributed by atoms with Crippen molar-refractivity contribution in [2.24, 2.45) is 5.92 Å². The van der Waals surface area contributed by atoms with E-state index in [1.54, 1.807) is 11.8 Å². The summed E-state index contributed by atoms with van der Waals surface area (Å²) in [6.45, 7) is 4.05. The van der Waals surface area contributed by atoms with Gasteiger partial charge in [0.25, 0.3) is 0 Å². The van der Waals surface area contributed by atoms with Gasteiger partial charge in [-0.25, -0.2) is 4.39 Å². The third-order valence-electron chi connectivity index (χ3n) is 2.70. The van der Waals surface area contributed by atoms with E-state index in [0.717, 1.165) is 11.3 Å². The van der Waals surface area contributed by atoms with Gasteiger partial charge in [0, 0.05) is 15.8 Å². The van der Waals surface area contributed by atoms with Gasteiger partial charge in [0.2, 0.25) is 0 Å². The van der Waals surface area contributed by atoms with E-state index in [2.05, 4.69) is 15.9 Å². The number of carbonyl (C=O) groups is 1. The van der Waals surface area contributed by atoms with Crippen molar-refractivity contribution in [1.82, 2.24) is 0 Å². The van der Waals surface area contributed by atoms with E-state index < -0.39 is 0 Å². The molecule has 1 unspecified atom stereocenters. The molecule has 0 bridgehead atoms. The Bertz CT molecular complexity index is 445. The van der Waals surface area contributed by atoms with Gasteiger partial charge in [-0.05, 0) is 23.6 Å². The predicted molar refractivity (Wildman–Crippen MR) is 68.4 cm³/mol. The summed E-state index contributed by atoms with van der Waals surface area (Å²) in [6.07, 6.45) is 0. The smallest absolute Gasteiger partial charge is 0.176 e. The van der Waals surface area contributed by atoms with E-state index in [0.29, 0.717) is 10.0 Å². The molecule has 0 aliphatic carbocycles. The molecule has 0 fully saturated rings. The molecule has 0 saturated heterocycles. The fraction of sp³-hybridized carbons (Fsp3) is 0.417. The van der Waals surface area contributed by atoms with Crippen LogP contribution in [0.3, 0.4) is 0 Å². The van der Waals surface area contributed by atoms with Crippen molar-refractivity contribution in [2.45, 2.75) is 24.9 Å². The number of rotatable bonds is 1. The van der Waals surface area contributed by atoms with Crippen LogP contribution in [0.15, 0.2) is 16.6 Å². The van der Waals surface area contributed by atoms with Gasteiger partial charge in [-0.1, -0.05) is 29.8 Å². The summed E-state index contributed by atoms with van der Waals surface area (Å²) in [6, 6.07) is 2.78. The Morgan fingerprint density at radius 3 is 2.81 bits per heavy atom. The number of carbonyl (C=O) groups excluding carboxylic acids is 1. The quantitative estimate of drug-likeness (QED) is 0.779. The van der Waals surface area contributed by atoms with Crippen molar-refractivity contribution in [2.75, 3.05) is 0 Å². The summed E-state index contributed by atoms with van der Waals surface area (Å²) in [5.74, 6) is 0.757. The molecule has 0 N–H and O–H groups in total. The van der Waals surface area contributed by atoms with Crippen LogP contribution in [0.25, 0.3) is 0 Å². The van der Waals surface area contributed by atoms with Gasteiger partial charge in [0.15, 0.2) is 5.78 Å². The molecule has 0 radical (unpaired) electrons. The van der Waals surface area contributed by atoms with Gasteiger partial charge < -0.3 is 0 Å². The van der Waals surface area contributed by atoms with Gasteiger partial charge in [-0.3, -0.25) is 4.79 Å². The molecule has 0 aromatic heterocycles. The molecule has 1 aliphatic rings. The Hall–Kier alpha value is -0.350. The average molecular weight is 303 g/mol. The maximum Gasteiger partial charge on any atom is 0.176 e. The van der Waals surface area contributed by atoms with E-state index in [9.17, 15) is 9.18 Å². The topological polar surface area (TPSA) is 17.1 Å². The number of hydrogen-bond donors (Lipinski definition) is 0. The van der Waals surface area contributed by atoms with Gasteiger partial charge in [0.05, 0.1) is 5.25 Å².